The molecule has 6 aromatic rings. The van der Waals surface area contributed by atoms with Gasteiger partial charge in [-0.2, -0.15) is 0 Å². The molecule has 9 heteroatoms. The van der Waals surface area contributed by atoms with Crippen LogP contribution in [0.4, 0.5) is 4.79 Å². The Labute approximate surface area is 379 Å². The van der Waals surface area contributed by atoms with Gasteiger partial charge in [0.1, 0.15) is 0 Å². The van der Waals surface area contributed by atoms with Crippen LogP contribution in [0.5, 0.6) is 0 Å². The molecule has 9 nitrogen and oxygen atoms in total. The lowest BCUT2D eigenvalue weighted by Gasteiger charge is -2.33. The van der Waals surface area contributed by atoms with Crippen LogP contribution in [0, 0.1) is 0 Å². The first-order valence-electron chi connectivity index (χ1n) is 22.5. The number of nitrogens with zero attached hydrogens (tertiary/aromatic N) is 2. The van der Waals surface area contributed by atoms with Crippen molar-refractivity contribution in [2.24, 2.45) is 0 Å². The molecule has 4 N–H and O–H groups in total. The minimum atomic E-state index is -0.693. The van der Waals surface area contributed by atoms with E-state index in [4.69, 9.17) is 9.47 Å². The summed E-state index contributed by atoms with van der Waals surface area (Å²) in [6, 6.07) is 55.0. The van der Waals surface area contributed by atoms with Crippen molar-refractivity contribution in [1.82, 2.24) is 9.80 Å². The van der Waals surface area contributed by atoms with Crippen LogP contribution in [0.1, 0.15) is 82.8 Å². The highest BCUT2D eigenvalue weighted by atomic mass is 16.7. The Balaban J connectivity index is 0.924. The fraction of sp³-hybridized carbons (Fsp3) is 0.327. The molecule has 0 aromatic heterocycles. The summed E-state index contributed by atoms with van der Waals surface area (Å²) in [5.74, 6) is 0. The van der Waals surface area contributed by atoms with E-state index >= 15 is 0 Å². The maximum absolute atomic E-state index is 12.4. The average Bonchev–Trinajstić information content (AvgIpc) is 3.33. The molecular weight excluding hydrogens is 801 g/mol. The van der Waals surface area contributed by atoms with Gasteiger partial charge in [-0.25, -0.2) is 4.79 Å². The summed E-state index contributed by atoms with van der Waals surface area (Å²) in [7, 11) is 0. The number of ether oxygens (including phenoxy) is 2. The van der Waals surface area contributed by atoms with Crippen molar-refractivity contribution in [3.05, 3.63) is 214 Å². The smallest absolute Gasteiger partial charge is 0.434 e. The summed E-state index contributed by atoms with van der Waals surface area (Å²) in [5.41, 5.74) is 7.71. The van der Waals surface area contributed by atoms with Gasteiger partial charge in [0.05, 0.1) is 37.6 Å². The number of carbonyl (C=O) groups is 1. The lowest BCUT2D eigenvalue weighted by Crippen LogP contribution is -2.40. The van der Waals surface area contributed by atoms with Crippen molar-refractivity contribution in [1.29, 1.82) is 0 Å². The van der Waals surface area contributed by atoms with E-state index in [1.54, 1.807) is 0 Å². The fourth-order valence-corrected chi connectivity index (χ4v) is 8.05. The second kappa shape index (κ2) is 25.0. The summed E-state index contributed by atoms with van der Waals surface area (Å²) in [6.45, 7) is 6.19. The van der Waals surface area contributed by atoms with E-state index in [0.29, 0.717) is 39.0 Å². The molecule has 0 saturated carbocycles. The number of benzene rings is 6. The highest BCUT2D eigenvalue weighted by Crippen LogP contribution is 2.24. The van der Waals surface area contributed by atoms with Gasteiger partial charge >= 0.3 is 6.16 Å². The Morgan fingerprint density at radius 1 is 0.406 bits per heavy atom. The largest absolute Gasteiger partial charge is 0.508 e. The minimum absolute atomic E-state index is 0.0377. The lowest BCUT2D eigenvalue weighted by molar-refractivity contribution is 0.0478. The Hall–Kier alpha value is -5.65. The van der Waals surface area contributed by atoms with Gasteiger partial charge in [-0.3, -0.25) is 9.80 Å². The Kier molecular flexibility index (Phi) is 18.7. The van der Waals surface area contributed by atoms with Crippen LogP contribution in [0.3, 0.4) is 0 Å². The monoisotopic (exact) mass is 864 g/mol. The summed E-state index contributed by atoms with van der Waals surface area (Å²) >= 11 is 0. The molecule has 0 aliphatic heterocycles. The van der Waals surface area contributed by atoms with E-state index in [9.17, 15) is 25.2 Å². The Bertz CT molecular complexity index is 1960. The molecule has 0 unspecified atom stereocenters. The summed E-state index contributed by atoms with van der Waals surface area (Å²) in [4.78, 5) is 16.7. The topological polar surface area (TPSA) is 123 Å². The first-order valence-corrected chi connectivity index (χ1v) is 22.5. The number of aliphatic hydroxyl groups is 4. The maximum Gasteiger partial charge on any atom is 0.508 e. The van der Waals surface area contributed by atoms with Crippen molar-refractivity contribution in [3.8, 4) is 0 Å². The van der Waals surface area contributed by atoms with Gasteiger partial charge in [0.25, 0.3) is 0 Å². The zero-order chi connectivity index (χ0) is 45.1. The molecule has 0 amide bonds. The molecular formula is C55H64N2O7. The highest BCUT2D eigenvalue weighted by molar-refractivity contribution is 5.59. The van der Waals surface area contributed by atoms with Crippen molar-refractivity contribution in [2.45, 2.75) is 76.0 Å². The van der Waals surface area contributed by atoms with E-state index in [-0.39, 0.29) is 25.3 Å². The van der Waals surface area contributed by atoms with Crippen molar-refractivity contribution >= 4 is 6.16 Å². The first kappa shape index (κ1) is 47.8. The van der Waals surface area contributed by atoms with Gasteiger partial charge in [-0.1, -0.05) is 170 Å². The zero-order valence-electron chi connectivity index (χ0n) is 37.1. The van der Waals surface area contributed by atoms with Gasteiger partial charge < -0.3 is 29.9 Å². The predicted octanol–water partition coefficient (Wildman–Crippen LogP) is 9.03. The van der Waals surface area contributed by atoms with E-state index in [1.807, 2.05) is 146 Å². The van der Waals surface area contributed by atoms with E-state index < -0.39 is 30.6 Å². The zero-order valence-corrected chi connectivity index (χ0v) is 37.1. The summed E-state index contributed by atoms with van der Waals surface area (Å²) in [5, 5.41) is 44.4. The highest BCUT2D eigenvalue weighted by Gasteiger charge is 2.24. The average molecular weight is 865 g/mol. The molecule has 0 bridgehead atoms. The fourth-order valence-electron chi connectivity index (χ4n) is 8.05. The number of aliphatic hydroxyl groups excluding tert-OH is 4. The summed E-state index contributed by atoms with van der Waals surface area (Å²) < 4.78 is 10.8. The molecule has 6 aromatic carbocycles. The first-order chi connectivity index (χ1) is 31.1. The molecule has 0 spiro atoms. The quantitative estimate of drug-likeness (QED) is 0.0442. The molecule has 0 heterocycles. The van der Waals surface area contributed by atoms with Crippen LogP contribution in [0.25, 0.3) is 0 Å². The number of hydrogen-bond acceptors (Lipinski definition) is 9. The van der Waals surface area contributed by atoms with Gasteiger partial charge in [-0.05, 0) is 71.2 Å². The van der Waals surface area contributed by atoms with Crippen LogP contribution < -0.4 is 0 Å². The molecule has 64 heavy (non-hydrogen) atoms. The molecule has 336 valence electrons. The van der Waals surface area contributed by atoms with Crippen molar-refractivity contribution in [3.63, 3.8) is 0 Å². The van der Waals surface area contributed by atoms with Crippen molar-refractivity contribution in [2.75, 3.05) is 39.4 Å². The van der Waals surface area contributed by atoms with Crippen LogP contribution in [0.2, 0.25) is 0 Å². The predicted molar refractivity (Wildman–Crippen MR) is 253 cm³/mol. The van der Waals surface area contributed by atoms with E-state index in [2.05, 4.69) is 47.9 Å². The second-order valence-corrected chi connectivity index (χ2v) is 16.8. The molecule has 6 atom stereocenters. The summed E-state index contributed by atoms with van der Waals surface area (Å²) in [6.07, 6.45) is -0.885. The maximum atomic E-state index is 12.4. The van der Waals surface area contributed by atoms with Crippen LogP contribution in [-0.2, 0) is 35.2 Å². The third kappa shape index (κ3) is 15.3. The Morgan fingerprint density at radius 3 is 0.922 bits per heavy atom. The lowest BCUT2D eigenvalue weighted by atomic mass is 10.0. The number of carbonyl (C=O) groups excluding carboxylic acids is 1. The standard InChI is InChI=1S/C55H64N2O7/c1-41(56(37-51(58)47-15-7-3-8-16-47)38-52(59)48-17-9-4-10-18-48)35-45-27-23-43(24-28-45)31-33-63-55(62)64-34-32-44-25-29-46(30-26-44)36-42(2)57(39-53(60)49-19-11-5-12-20-49)40-54(61)50-21-13-6-14-22-50/h3-30,41-42,51-54,58-61H,31-40H2,1-2H3/t41-,42-,51-,52-,53-,54-/m1/s1. The molecule has 0 radical (unpaired) electrons. The van der Waals surface area contributed by atoms with Gasteiger partial charge in [0.15, 0.2) is 0 Å². The number of hydrogen-bond donors (Lipinski definition) is 4. The Morgan fingerprint density at radius 2 is 0.656 bits per heavy atom. The van der Waals surface area contributed by atoms with Crippen LogP contribution in [-0.4, -0.2) is 87.9 Å². The van der Waals surface area contributed by atoms with E-state index in [1.165, 1.54) is 0 Å². The molecule has 0 fully saturated rings. The van der Waals surface area contributed by atoms with Gasteiger partial charge in [-0.15, -0.1) is 0 Å². The number of rotatable bonds is 24. The van der Waals surface area contributed by atoms with Gasteiger partial charge in [0.2, 0.25) is 0 Å². The molecule has 0 saturated heterocycles. The van der Waals surface area contributed by atoms with Crippen molar-refractivity contribution < 1.29 is 34.7 Å². The third-order valence-corrected chi connectivity index (χ3v) is 11.9. The van der Waals surface area contributed by atoms with Gasteiger partial charge in [0, 0.05) is 51.1 Å². The van der Waals surface area contributed by atoms with Crippen LogP contribution in [0.15, 0.2) is 170 Å². The minimum Gasteiger partial charge on any atom is -0.434 e. The SMILES string of the molecule is C[C@H](Cc1ccc(CCOC(=O)OCCc2ccc(C[C@@H](C)N(C[C@@H](O)c3ccccc3)C[C@@H](O)c3ccccc3)cc2)cc1)N(C[C@@H](O)c1ccccc1)C[C@@H](O)c1ccccc1. The normalized spacial score (nSPS) is 14.4. The molecule has 0 aliphatic carbocycles. The molecule has 0 aliphatic rings. The van der Waals surface area contributed by atoms with Crippen LogP contribution >= 0.6 is 0 Å². The van der Waals surface area contributed by atoms with E-state index in [0.717, 1.165) is 57.3 Å². The third-order valence-electron chi connectivity index (χ3n) is 11.9. The second-order valence-electron chi connectivity index (χ2n) is 16.8. The molecule has 6 rings (SSSR count).